The van der Waals surface area contributed by atoms with E-state index in [4.69, 9.17) is 20.7 Å². The van der Waals surface area contributed by atoms with Crippen molar-refractivity contribution in [2.45, 2.75) is 95.8 Å². The van der Waals surface area contributed by atoms with Gasteiger partial charge >= 0.3 is 6.01 Å². The number of likely N-dealkylation sites (tertiary alicyclic amines) is 2. The molecule has 17 nitrogen and oxygen atoms in total. The summed E-state index contributed by atoms with van der Waals surface area (Å²) in [6.07, 6.45) is 15.8. The number of nitrogens with zero attached hydrogens (tertiary/aromatic N) is 10. The Bertz CT molecular complexity index is 3480. The van der Waals surface area contributed by atoms with Crippen molar-refractivity contribution in [1.82, 2.24) is 50.3 Å². The van der Waals surface area contributed by atoms with Gasteiger partial charge in [-0.15, -0.1) is 6.42 Å². The molecule has 12 rings (SSSR count). The summed E-state index contributed by atoms with van der Waals surface area (Å²) in [4.78, 5) is 50.8. The number of phenols is 1. The maximum atomic E-state index is 17.1. The van der Waals surface area contributed by atoms with Crippen LogP contribution in [0.1, 0.15) is 94.6 Å². The molecule has 80 heavy (non-hydrogen) atoms. The number of aromatic nitrogens is 6. The number of halogens is 2. The second-order valence-corrected chi connectivity index (χ2v) is 23.0. The number of anilines is 2. The van der Waals surface area contributed by atoms with E-state index >= 15 is 8.78 Å². The molecule has 5 aliphatic heterocycles. The maximum Gasteiger partial charge on any atom is 0.319 e. The minimum Gasteiger partial charge on any atom is -0.508 e. The summed E-state index contributed by atoms with van der Waals surface area (Å²) in [7, 11) is 1.91. The maximum absolute atomic E-state index is 17.1. The molecule has 3 N–H and O–H groups in total. The number of piperidine rings is 1. The highest BCUT2D eigenvalue weighted by atomic mass is 19.1. The number of hydrogen-bond donors (Lipinski definition) is 3. The third-order valence-corrected chi connectivity index (χ3v) is 17.4. The highest BCUT2D eigenvalue weighted by molar-refractivity contribution is 6.03. The molecular weight excluding hydrogens is 1020 g/mol. The number of rotatable bonds is 16. The molecule has 5 aliphatic rings. The van der Waals surface area contributed by atoms with Crippen molar-refractivity contribution >= 4 is 45.1 Å². The molecular formula is C61H68F2N12O5. The van der Waals surface area contributed by atoms with Crippen molar-refractivity contribution in [2.75, 3.05) is 68.8 Å². The number of ether oxygens (including phenoxy) is 1. The second-order valence-electron chi connectivity index (χ2n) is 23.0. The zero-order valence-corrected chi connectivity index (χ0v) is 45.7. The average molecular weight is 1090 g/mol. The number of phenolic OH excluding ortho intramolecular Hbond substituents is 1. The number of fused-ring (bicyclic) bond motifs is 4. The predicted molar refractivity (Wildman–Crippen MR) is 301 cm³/mol. The molecule has 5 fully saturated rings. The van der Waals surface area contributed by atoms with E-state index in [0.29, 0.717) is 73.4 Å². The summed E-state index contributed by atoms with van der Waals surface area (Å²) in [5.74, 6) is 2.92. The van der Waals surface area contributed by atoms with Crippen molar-refractivity contribution in [2.24, 2.45) is 24.8 Å². The number of aryl methyl sites for hydroxylation is 1. The first-order chi connectivity index (χ1) is 38.8. The van der Waals surface area contributed by atoms with Gasteiger partial charge in [-0.25, -0.2) is 8.78 Å². The fraction of sp³-hybridized carbons (Fsp3) is 0.459. The fourth-order valence-electron chi connectivity index (χ4n) is 13.1. The van der Waals surface area contributed by atoms with Gasteiger partial charge in [-0.05, 0) is 123 Å². The Morgan fingerprint density at radius 3 is 2.42 bits per heavy atom. The van der Waals surface area contributed by atoms with E-state index in [1.165, 1.54) is 24.3 Å². The molecule has 0 aliphatic carbocycles. The zero-order chi connectivity index (χ0) is 55.3. The van der Waals surface area contributed by atoms with Crippen LogP contribution in [0.25, 0.3) is 44.2 Å². The number of terminal acetylenes is 1. The van der Waals surface area contributed by atoms with E-state index in [-0.39, 0.29) is 75.3 Å². The highest BCUT2D eigenvalue weighted by Crippen LogP contribution is 2.41. The standard InChI is InChI=1S/C61H68F2N12O5/c1-6-45-48(62)16-13-41-27-44(76)28-46(54(41)45)56-55(63)57-47(30-64-56)58(74-33-42-14-15-43(34-74)67-42)69-61(68-57)79-25-24-72-22-18-37(19-23-72)26-38-31-73(32-38)52-29-51(80-70-52)53(35(2)3)60(78)75-21-7-8-50(75)59(77)66-36(4)39-9-11-40(12-10-39)49-17-20-65-71(49)5/h1,9-13,16-17,20,27-30,35-38,42-43,50,53,67,76H,7-8,14-15,18-19,21-26,31-34H2,2-5H3,(H,66,77)/t36-,42?,43?,50-,53-/m0/s1. The molecule has 2 unspecified atom stereocenters. The molecule has 5 atom stereocenters. The van der Waals surface area contributed by atoms with E-state index in [1.54, 1.807) is 17.3 Å². The molecule has 7 aromatic rings. The average Bonchev–Trinajstić information content (AvgIpc) is 4.35. The smallest absolute Gasteiger partial charge is 0.319 e. The van der Waals surface area contributed by atoms with Gasteiger partial charge in [0.25, 0.3) is 0 Å². The summed E-state index contributed by atoms with van der Waals surface area (Å²) < 4.78 is 46.2. The van der Waals surface area contributed by atoms with Crippen LogP contribution in [0.4, 0.5) is 20.4 Å². The zero-order valence-electron chi connectivity index (χ0n) is 45.7. The fourth-order valence-corrected chi connectivity index (χ4v) is 13.1. The molecule has 5 saturated heterocycles. The van der Waals surface area contributed by atoms with Crippen molar-refractivity contribution in [3.05, 3.63) is 102 Å². The topological polar surface area (TPSA) is 183 Å². The monoisotopic (exact) mass is 1090 g/mol. The van der Waals surface area contributed by atoms with Gasteiger partial charge in [0.05, 0.1) is 22.7 Å². The normalized spacial score (nSPS) is 20.6. The highest BCUT2D eigenvalue weighted by Gasteiger charge is 2.42. The Balaban J connectivity index is 0.640. The van der Waals surface area contributed by atoms with E-state index in [2.05, 4.69) is 51.5 Å². The molecule has 3 aromatic carbocycles. The Labute approximate surface area is 464 Å². The number of hydrogen-bond acceptors (Lipinski definition) is 14. The number of piperazine rings is 1. The van der Waals surface area contributed by atoms with Crippen LogP contribution in [0.5, 0.6) is 11.8 Å². The van der Waals surface area contributed by atoms with Crippen LogP contribution >= 0.6 is 0 Å². The predicted octanol–water partition coefficient (Wildman–Crippen LogP) is 8.36. The van der Waals surface area contributed by atoms with Crippen LogP contribution in [0.3, 0.4) is 0 Å². The second kappa shape index (κ2) is 22.1. The first kappa shape index (κ1) is 53.0. The van der Waals surface area contributed by atoms with Crippen molar-refractivity contribution < 1.29 is 32.7 Å². The SMILES string of the molecule is C#Cc1c(F)ccc2cc(O)cc(-c3ncc4c(N5CC6CCC(C5)N6)nc(OCCN5CCC(CC6CN(c7cc([C@@H](C(=O)N8CCC[C@H]8C(=O)N[C@@H](C)c8ccc(-c9ccnn9C)cc8)C(C)C)on7)C6)CC5)nc4c3F)c12. The number of pyridine rings is 1. The quantitative estimate of drug-likeness (QED) is 0.0785. The minimum atomic E-state index is -0.746. The van der Waals surface area contributed by atoms with E-state index < -0.39 is 23.6 Å². The molecule has 4 aromatic heterocycles. The van der Waals surface area contributed by atoms with Gasteiger partial charge in [0.2, 0.25) is 11.8 Å². The lowest BCUT2D eigenvalue weighted by Crippen LogP contribution is -2.51. The molecule has 19 heteroatoms. The lowest BCUT2D eigenvalue weighted by molar-refractivity contribution is -0.141. The van der Waals surface area contributed by atoms with Gasteiger partial charge in [0.1, 0.15) is 47.2 Å². The number of nitrogens with one attached hydrogen (secondary N) is 2. The number of benzene rings is 3. The Morgan fingerprint density at radius 2 is 1.70 bits per heavy atom. The van der Waals surface area contributed by atoms with E-state index in [9.17, 15) is 14.7 Å². The summed E-state index contributed by atoms with van der Waals surface area (Å²) in [6, 6.07) is 17.4. The van der Waals surface area contributed by atoms with Crippen LogP contribution in [0.2, 0.25) is 0 Å². The van der Waals surface area contributed by atoms with Crippen LogP contribution in [-0.2, 0) is 16.6 Å². The lowest BCUT2D eigenvalue weighted by Gasteiger charge is -2.42. The lowest BCUT2D eigenvalue weighted by atomic mass is 9.83. The molecule has 0 radical (unpaired) electrons. The van der Waals surface area contributed by atoms with Gasteiger partial charge < -0.3 is 39.7 Å². The number of aromatic hydroxyl groups is 1. The van der Waals surface area contributed by atoms with Gasteiger partial charge in [0, 0.05) is 87.8 Å². The van der Waals surface area contributed by atoms with Crippen LogP contribution < -0.4 is 25.2 Å². The number of carbonyl (C=O) groups excluding carboxylic acids is 2. The summed E-state index contributed by atoms with van der Waals surface area (Å²) >= 11 is 0. The van der Waals surface area contributed by atoms with E-state index in [1.807, 2.05) is 68.9 Å². The van der Waals surface area contributed by atoms with Crippen molar-refractivity contribution in [3.8, 4) is 46.6 Å². The van der Waals surface area contributed by atoms with Crippen molar-refractivity contribution in [3.63, 3.8) is 0 Å². The minimum absolute atomic E-state index is 0.0190. The number of carbonyl (C=O) groups is 2. The van der Waals surface area contributed by atoms with Crippen LogP contribution in [0.15, 0.2) is 77.6 Å². The third-order valence-electron chi connectivity index (χ3n) is 17.4. The summed E-state index contributed by atoms with van der Waals surface area (Å²) in [5.41, 5.74) is 3.05. The summed E-state index contributed by atoms with van der Waals surface area (Å²) in [6.45, 7) is 12.4. The van der Waals surface area contributed by atoms with Crippen LogP contribution in [0, 0.1) is 41.7 Å². The van der Waals surface area contributed by atoms with Gasteiger partial charge in [-0.2, -0.15) is 15.1 Å². The molecule has 416 valence electrons. The first-order valence-electron chi connectivity index (χ1n) is 28.3. The van der Waals surface area contributed by atoms with Gasteiger partial charge in [0.15, 0.2) is 17.4 Å². The molecule has 0 saturated carbocycles. The van der Waals surface area contributed by atoms with Gasteiger partial charge in [-0.1, -0.05) is 55.3 Å². The van der Waals surface area contributed by atoms with E-state index in [0.717, 1.165) is 87.3 Å². The third kappa shape index (κ3) is 10.4. The van der Waals surface area contributed by atoms with Gasteiger partial charge in [-0.3, -0.25) is 24.2 Å². The molecule has 9 heterocycles. The Kier molecular flexibility index (Phi) is 14.6. The Hall–Kier alpha value is -7.69. The van der Waals surface area contributed by atoms with Crippen molar-refractivity contribution in [1.29, 1.82) is 0 Å². The Morgan fingerprint density at radius 1 is 0.925 bits per heavy atom. The molecule has 2 bridgehead atoms. The molecule has 2 amide bonds. The summed E-state index contributed by atoms with van der Waals surface area (Å²) in [5, 5.41) is 27.4. The number of amides is 2. The van der Waals surface area contributed by atoms with Crippen LogP contribution in [-0.4, -0.2) is 134 Å². The first-order valence-corrected chi connectivity index (χ1v) is 28.3. The largest absolute Gasteiger partial charge is 0.508 e. The molecule has 0 spiro atoms.